The molecular weight excluding hydrogens is 431 g/mol. The van der Waals surface area contributed by atoms with Crippen molar-refractivity contribution in [3.63, 3.8) is 0 Å². The first kappa shape index (κ1) is 19.6. The molecule has 1 heterocycles. The summed E-state index contributed by atoms with van der Waals surface area (Å²) in [5, 5.41) is 5.60. The summed E-state index contributed by atoms with van der Waals surface area (Å²) in [5.74, 6) is -0.888. The molecular formula is C18H11Cl3N2O3S. The number of carbonyl (C=O) groups is 2. The van der Waals surface area contributed by atoms with E-state index >= 15 is 0 Å². The maximum absolute atomic E-state index is 12.4. The quantitative estimate of drug-likeness (QED) is 0.334. The normalized spacial score (nSPS) is 11.1. The molecule has 5 nitrogen and oxygen atoms in total. The molecule has 0 fully saturated rings. The third-order valence-electron chi connectivity index (χ3n) is 3.57. The SMILES string of the molecule is COC(=O)c1ccc(/C=N/NC(=O)c2sc3cc(Cl)cc(Cl)c3c2Cl)cc1. The third kappa shape index (κ3) is 4.25. The van der Waals surface area contributed by atoms with E-state index in [0.29, 0.717) is 31.3 Å². The number of hydrazone groups is 1. The number of amides is 1. The van der Waals surface area contributed by atoms with Gasteiger partial charge in [-0.25, -0.2) is 10.2 Å². The van der Waals surface area contributed by atoms with Gasteiger partial charge in [-0.1, -0.05) is 46.9 Å². The summed E-state index contributed by atoms with van der Waals surface area (Å²) in [6.07, 6.45) is 1.45. The van der Waals surface area contributed by atoms with Gasteiger partial charge in [0.2, 0.25) is 0 Å². The molecule has 0 aliphatic heterocycles. The Balaban J connectivity index is 1.75. The van der Waals surface area contributed by atoms with Crippen molar-refractivity contribution in [1.82, 2.24) is 5.43 Å². The van der Waals surface area contributed by atoms with E-state index in [4.69, 9.17) is 34.8 Å². The van der Waals surface area contributed by atoms with Crippen molar-refractivity contribution in [3.8, 4) is 0 Å². The van der Waals surface area contributed by atoms with Crippen LogP contribution in [0.15, 0.2) is 41.5 Å². The molecule has 0 aliphatic rings. The van der Waals surface area contributed by atoms with Crippen LogP contribution in [0.2, 0.25) is 15.1 Å². The number of ether oxygens (including phenoxy) is 1. The Hall–Kier alpha value is -2.12. The Kier molecular flexibility index (Phi) is 6.01. The molecule has 0 radical (unpaired) electrons. The largest absolute Gasteiger partial charge is 0.465 e. The van der Waals surface area contributed by atoms with Gasteiger partial charge in [0.25, 0.3) is 5.91 Å². The first-order chi connectivity index (χ1) is 12.9. The van der Waals surface area contributed by atoms with Gasteiger partial charge in [0.15, 0.2) is 0 Å². The van der Waals surface area contributed by atoms with Crippen molar-refractivity contribution in [1.29, 1.82) is 0 Å². The van der Waals surface area contributed by atoms with Crippen LogP contribution in [0.1, 0.15) is 25.6 Å². The molecule has 0 atom stereocenters. The van der Waals surface area contributed by atoms with Gasteiger partial charge in [0.1, 0.15) is 4.88 Å². The van der Waals surface area contributed by atoms with Crippen molar-refractivity contribution in [3.05, 3.63) is 67.5 Å². The highest BCUT2D eigenvalue weighted by atomic mass is 35.5. The summed E-state index contributed by atoms with van der Waals surface area (Å²) < 4.78 is 5.34. The number of rotatable bonds is 4. The Morgan fingerprint density at radius 1 is 1.15 bits per heavy atom. The molecule has 0 aliphatic carbocycles. The molecule has 3 rings (SSSR count). The number of halogens is 3. The van der Waals surface area contributed by atoms with E-state index < -0.39 is 11.9 Å². The smallest absolute Gasteiger partial charge is 0.337 e. The van der Waals surface area contributed by atoms with Crippen molar-refractivity contribution in [2.75, 3.05) is 7.11 Å². The summed E-state index contributed by atoms with van der Waals surface area (Å²) in [6.45, 7) is 0. The predicted molar refractivity (Wildman–Crippen MR) is 110 cm³/mol. The maximum Gasteiger partial charge on any atom is 0.337 e. The van der Waals surface area contributed by atoms with Crippen molar-refractivity contribution >= 4 is 74.3 Å². The molecule has 0 saturated carbocycles. The second-order valence-corrected chi connectivity index (χ2v) is 7.59. The summed E-state index contributed by atoms with van der Waals surface area (Å²) in [5.41, 5.74) is 3.54. The molecule has 0 bridgehead atoms. The molecule has 27 heavy (non-hydrogen) atoms. The zero-order valence-electron chi connectivity index (χ0n) is 13.8. The van der Waals surface area contributed by atoms with Gasteiger partial charge >= 0.3 is 5.97 Å². The minimum absolute atomic E-state index is 0.256. The van der Waals surface area contributed by atoms with Crippen LogP contribution in [0.5, 0.6) is 0 Å². The average molecular weight is 442 g/mol. The van der Waals surface area contributed by atoms with Crippen LogP contribution < -0.4 is 5.43 Å². The number of hydrogen-bond acceptors (Lipinski definition) is 5. The second kappa shape index (κ2) is 8.27. The standard InChI is InChI=1S/C18H11Cl3N2O3S/c1-26-18(25)10-4-2-9(3-5-10)8-22-23-17(24)16-15(21)14-12(20)6-11(19)7-13(14)27-16/h2-8H,1H3,(H,23,24)/b22-8+. The maximum atomic E-state index is 12.4. The summed E-state index contributed by atoms with van der Waals surface area (Å²) in [7, 11) is 1.31. The lowest BCUT2D eigenvalue weighted by atomic mass is 10.1. The fraction of sp³-hybridized carbons (Fsp3) is 0.0556. The number of nitrogens with zero attached hydrogens (tertiary/aromatic N) is 1. The molecule has 0 saturated heterocycles. The highest BCUT2D eigenvalue weighted by molar-refractivity contribution is 7.21. The van der Waals surface area contributed by atoms with E-state index in [0.717, 1.165) is 0 Å². The number of benzene rings is 2. The first-order valence-corrected chi connectivity index (χ1v) is 9.44. The monoisotopic (exact) mass is 440 g/mol. The van der Waals surface area contributed by atoms with Crippen LogP contribution in [0.4, 0.5) is 0 Å². The lowest BCUT2D eigenvalue weighted by Crippen LogP contribution is -2.16. The lowest BCUT2D eigenvalue weighted by molar-refractivity contribution is 0.0600. The highest BCUT2D eigenvalue weighted by Crippen LogP contribution is 2.41. The molecule has 1 N–H and O–H groups in total. The number of carbonyl (C=O) groups excluding carboxylic acids is 2. The van der Waals surface area contributed by atoms with Gasteiger partial charge in [-0.2, -0.15) is 5.10 Å². The zero-order chi connectivity index (χ0) is 19.6. The summed E-state index contributed by atoms with van der Waals surface area (Å²) in [4.78, 5) is 24.0. The van der Waals surface area contributed by atoms with Crippen LogP contribution in [-0.2, 0) is 4.74 Å². The average Bonchev–Trinajstić information content (AvgIpc) is 2.98. The zero-order valence-corrected chi connectivity index (χ0v) is 16.8. The Labute approximate surface area is 173 Å². The summed E-state index contributed by atoms with van der Waals surface area (Å²) in [6, 6.07) is 9.82. The molecule has 1 amide bonds. The number of thiophene rings is 1. The fourth-order valence-corrected chi connectivity index (χ4v) is 4.57. The number of esters is 1. The highest BCUT2D eigenvalue weighted by Gasteiger charge is 2.19. The van der Waals surface area contributed by atoms with Crippen molar-refractivity contribution in [2.24, 2.45) is 5.10 Å². The van der Waals surface area contributed by atoms with Gasteiger partial charge in [-0.15, -0.1) is 11.3 Å². The van der Waals surface area contributed by atoms with Gasteiger partial charge in [-0.05, 0) is 29.8 Å². The van der Waals surface area contributed by atoms with Crippen LogP contribution in [-0.4, -0.2) is 25.2 Å². The number of nitrogens with one attached hydrogen (secondary N) is 1. The minimum atomic E-state index is -0.462. The van der Waals surface area contributed by atoms with Gasteiger partial charge in [-0.3, -0.25) is 4.79 Å². The Morgan fingerprint density at radius 3 is 2.52 bits per heavy atom. The number of methoxy groups -OCH3 is 1. The van der Waals surface area contributed by atoms with Crippen LogP contribution in [0, 0.1) is 0 Å². The molecule has 0 spiro atoms. The number of fused-ring (bicyclic) bond motifs is 1. The second-order valence-electron chi connectivity index (χ2n) is 5.32. The van der Waals surface area contributed by atoms with E-state index in [1.54, 1.807) is 36.4 Å². The third-order valence-corrected chi connectivity index (χ3v) is 5.71. The van der Waals surface area contributed by atoms with Gasteiger partial charge in [0.05, 0.1) is 28.9 Å². The topological polar surface area (TPSA) is 67.8 Å². The predicted octanol–water partition coefficient (Wildman–Crippen LogP) is 5.41. The molecule has 0 unspecified atom stereocenters. The Bertz CT molecular complexity index is 1060. The van der Waals surface area contributed by atoms with Crippen molar-refractivity contribution in [2.45, 2.75) is 0 Å². The van der Waals surface area contributed by atoms with E-state index in [1.807, 2.05) is 0 Å². The molecule has 9 heteroatoms. The van der Waals surface area contributed by atoms with E-state index in [1.165, 1.54) is 24.7 Å². The van der Waals surface area contributed by atoms with E-state index in [9.17, 15) is 9.59 Å². The molecule has 3 aromatic rings. The first-order valence-electron chi connectivity index (χ1n) is 7.49. The minimum Gasteiger partial charge on any atom is -0.465 e. The van der Waals surface area contributed by atoms with E-state index in [-0.39, 0.29) is 9.90 Å². The molecule has 138 valence electrons. The van der Waals surface area contributed by atoms with Crippen LogP contribution in [0.3, 0.4) is 0 Å². The van der Waals surface area contributed by atoms with Crippen LogP contribution >= 0.6 is 46.1 Å². The van der Waals surface area contributed by atoms with Gasteiger partial charge < -0.3 is 4.74 Å². The van der Waals surface area contributed by atoms with E-state index in [2.05, 4.69) is 15.3 Å². The van der Waals surface area contributed by atoms with Crippen LogP contribution in [0.25, 0.3) is 10.1 Å². The van der Waals surface area contributed by atoms with Gasteiger partial charge in [0, 0.05) is 15.1 Å². The number of hydrogen-bond donors (Lipinski definition) is 1. The van der Waals surface area contributed by atoms with Crippen molar-refractivity contribution < 1.29 is 14.3 Å². The molecule has 1 aromatic heterocycles. The summed E-state index contributed by atoms with van der Waals surface area (Å²) >= 11 is 19.6. The molecule has 2 aromatic carbocycles. The Morgan fingerprint density at radius 2 is 1.85 bits per heavy atom. The fourth-order valence-electron chi connectivity index (χ4n) is 2.30. The lowest BCUT2D eigenvalue weighted by Gasteiger charge is -2.00.